The lowest BCUT2D eigenvalue weighted by molar-refractivity contribution is 0.101. The lowest BCUT2D eigenvalue weighted by atomic mass is 10.2. The number of aromatic nitrogens is 2. The molecule has 5 nitrogen and oxygen atoms in total. The Balaban J connectivity index is 2.18. The van der Waals surface area contributed by atoms with Gasteiger partial charge in [-0.25, -0.2) is 14.4 Å². The van der Waals surface area contributed by atoms with Gasteiger partial charge in [0.25, 0.3) is 5.91 Å². The largest absolute Gasteiger partial charge is 0.474 e. The van der Waals surface area contributed by atoms with Crippen LogP contribution in [-0.4, -0.2) is 22.0 Å². The molecule has 0 saturated heterocycles. The number of nitrogens with zero attached hydrogens (tertiary/aromatic N) is 2. The van der Waals surface area contributed by atoms with Crippen LogP contribution in [0.5, 0.6) is 5.88 Å². The molecule has 0 atom stereocenters. The average molecular weight is 275 g/mol. The summed E-state index contributed by atoms with van der Waals surface area (Å²) >= 11 is 0. The molecule has 104 valence electrons. The van der Waals surface area contributed by atoms with Crippen LogP contribution in [0.2, 0.25) is 0 Å². The zero-order valence-corrected chi connectivity index (χ0v) is 11.1. The van der Waals surface area contributed by atoms with E-state index in [1.54, 1.807) is 18.3 Å². The predicted molar refractivity (Wildman–Crippen MR) is 72.1 cm³/mol. The number of halogens is 1. The second-order valence-corrected chi connectivity index (χ2v) is 4.34. The minimum Gasteiger partial charge on any atom is -0.474 e. The smallest absolute Gasteiger partial charge is 0.262 e. The molecule has 1 N–H and O–H groups in total. The minimum absolute atomic E-state index is 0.0969. The highest BCUT2D eigenvalue weighted by molar-refractivity contribution is 6.05. The van der Waals surface area contributed by atoms with Crippen molar-refractivity contribution in [3.8, 4) is 5.88 Å². The van der Waals surface area contributed by atoms with Crippen molar-refractivity contribution in [1.82, 2.24) is 9.97 Å². The second-order valence-electron chi connectivity index (χ2n) is 4.34. The highest BCUT2D eigenvalue weighted by Gasteiger charge is 2.15. The third kappa shape index (κ3) is 3.50. The monoisotopic (exact) mass is 275 g/mol. The molecule has 0 unspecified atom stereocenters. The zero-order valence-electron chi connectivity index (χ0n) is 11.1. The molecule has 0 aliphatic rings. The van der Waals surface area contributed by atoms with Crippen molar-refractivity contribution < 1.29 is 13.9 Å². The summed E-state index contributed by atoms with van der Waals surface area (Å²) in [5.74, 6) is -0.362. The quantitative estimate of drug-likeness (QED) is 0.931. The van der Waals surface area contributed by atoms with Crippen LogP contribution < -0.4 is 10.1 Å². The lowest BCUT2D eigenvalue weighted by Crippen LogP contribution is -2.17. The fourth-order valence-electron chi connectivity index (χ4n) is 1.51. The van der Waals surface area contributed by atoms with Crippen molar-refractivity contribution in [2.75, 3.05) is 5.32 Å². The van der Waals surface area contributed by atoms with Crippen molar-refractivity contribution in [3.05, 3.63) is 48.0 Å². The Morgan fingerprint density at radius 3 is 2.75 bits per heavy atom. The molecule has 0 spiro atoms. The second kappa shape index (κ2) is 6.10. The number of amides is 1. The van der Waals surface area contributed by atoms with Crippen LogP contribution in [0.3, 0.4) is 0 Å². The zero-order chi connectivity index (χ0) is 14.5. The lowest BCUT2D eigenvalue weighted by Gasteiger charge is -2.12. The van der Waals surface area contributed by atoms with Gasteiger partial charge in [-0.3, -0.25) is 4.79 Å². The maximum absolute atomic E-state index is 12.7. The van der Waals surface area contributed by atoms with Crippen molar-refractivity contribution in [2.45, 2.75) is 20.0 Å². The number of hydrogen-bond donors (Lipinski definition) is 1. The van der Waals surface area contributed by atoms with E-state index in [-0.39, 0.29) is 17.8 Å². The molecular weight excluding hydrogens is 261 g/mol. The van der Waals surface area contributed by atoms with Gasteiger partial charge in [-0.05, 0) is 38.1 Å². The van der Waals surface area contributed by atoms with Crippen molar-refractivity contribution in [1.29, 1.82) is 0 Å². The Bertz CT molecular complexity index is 600. The molecular formula is C14H14FN3O2. The van der Waals surface area contributed by atoms with Crippen LogP contribution in [0.1, 0.15) is 24.2 Å². The van der Waals surface area contributed by atoms with E-state index in [2.05, 4.69) is 15.3 Å². The Morgan fingerprint density at radius 2 is 2.10 bits per heavy atom. The van der Waals surface area contributed by atoms with Gasteiger partial charge in [0.15, 0.2) is 0 Å². The van der Waals surface area contributed by atoms with E-state index in [1.807, 2.05) is 13.8 Å². The maximum Gasteiger partial charge on any atom is 0.262 e. The fraction of sp³-hybridized carbons (Fsp3) is 0.214. The third-order valence-corrected chi connectivity index (χ3v) is 2.33. The van der Waals surface area contributed by atoms with E-state index in [0.29, 0.717) is 5.56 Å². The number of hydrogen-bond acceptors (Lipinski definition) is 4. The number of pyridine rings is 2. The van der Waals surface area contributed by atoms with Gasteiger partial charge in [0.2, 0.25) is 5.88 Å². The molecule has 0 bridgehead atoms. The summed E-state index contributed by atoms with van der Waals surface area (Å²) in [6.45, 7) is 3.69. The summed E-state index contributed by atoms with van der Waals surface area (Å²) < 4.78 is 18.2. The molecule has 6 heteroatoms. The first-order valence-electron chi connectivity index (χ1n) is 6.11. The number of carbonyl (C=O) groups excluding carboxylic acids is 1. The van der Waals surface area contributed by atoms with E-state index < -0.39 is 11.7 Å². The predicted octanol–water partition coefficient (Wildman–Crippen LogP) is 2.66. The van der Waals surface area contributed by atoms with Gasteiger partial charge in [0, 0.05) is 6.20 Å². The summed E-state index contributed by atoms with van der Waals surface area (Å²) in [5, 5.41) is 2.56. The maximum atomic E-state index is 12.7. The van der Waals surface area contributed by atoms with E-state index in [4.69, 9.17) is 4.74 Å². The molecule has 0 radical (unpaired) electrons. The normalized spacial score (nSPS) is 10.4. The number of nitrogens with one attached hydrogen (secondary N) is 1. The van der Waals surface area contributed by atoms with Gasteiger partial charge in [-0.1, -0.05) is 0 Å². The number of rotatable bonds is 4. The van der Waals surface area contributed by atoms with Crippen LogP contribution in [0, 0.1) is 5.82 Å². The molecule has 0 fully saturated rings. The molecule has 0 saturated carbocycles. The minimum atomic E-state index is -0.465. The Hall–Kier alpha value is -2.50. The molecule has 0 aromatic carbocycles. The van der Waals surface area contributed by atoms with Gasteiger partial charge in [-0.2, -0.15) is 0 Å². The van der Waals surface area contributed by atoms with E-state index >= 15 is 0 Å². The first-order chi connectivity index (χ1) is 9.56. The van der Waals surface area contributed by atoms with Gasteiger partial charge < -0.3 is 10.1 Å². The number of carbonyl (C=O) groups is 1. The molecule has 2 heterocycles. The fourth-order valence-corrected chi connectivity index (χ4v) is 1.51. The summed E-state index contributed by atoms with van der Waals surface area (Å²) in [7, 11) is 0. The topological polar surface area (TPSA) is 64.1 Å². The van der Waals surface area contributed by atoms with Gasteiger partial charge in [0.1, 0.15) is 17.2 Å². The first kappa shape index (κ1) is 13.9. The molecule has 0 aliphatic heterocycles. The van der Waals surface area contributed by atoms with Crippen LogP contribution in [0.15, 0.2) is 36.7 Å². The number of ether oxygens (including phenoxy) is 1. The Labute approximate surface area is 115 Å². The first-order valence-corrected chi connectivity index (χ1v) is 6.11. The van der Waals surface area contributed by atoms with Gasteiger partial charge >= 0.3 is 0 Å². The Morgan fingerprint density at radius 1 is 1.30 bits per heavy atom. The van der Waals surface area contributed by atoms with Crippen LogP contribution >= 0.6 is 0 Å². The summed E-state index contributed by atoms with van der Waals surface area (Å²) in [6.07, 6.45) is 2.48. The summed E-state index contributed by atoms with van der Waals surface area (Å²) in [5.41, 5.74) is 0.298. The Kier molecular flexibility index (Phi) is 4.24. The van der Waals surface area contributed by atoms with Crippen LogP contribution in [0.4, 0.5) is 10.2 Å². The summed E-state index contributed by atoms with van der Waals surface area (Å²) in [6, 6.07) is 5.84. The van der Waals surface area contributed by atoms with Crippen molar-refractivity contribution in [3.63, 3.8) is 0 Å². The van der Waals surface area contributed by atoms with E-state index in [9.17, 15) is 9.18 Å². The molecule has 20 heavy (non-hydrogen) atoms. The average Bonchev–Trinajstić information content (AvgIpc) is 2.41. The van der Waals surface area contributed by atoms with Crippen LogP contribution in [0.25, 0.3) is 0 Å². The highest BCUT2D eigenvalue weighted by Crippen LogP contribution is 2.17. The van der Waals surface area contributed by atoms with Gasteiger partial charge in [-0.15, -0.1) is 0 Å². The molecule has 2 aromatic rings. The molecule has 1 amide bonds. The number of anilines is 1. The summed E-state index contributed by atoms with van der Waals surface area (Å²) in [4.78, 5) is 19.9. The van der Waals surface area contributed by atoms with Gasteiger partial charge in [0.05, 0.1) is 12.3 Å². The molecule has 2 aromatic heterocycles. The molecule has 0 aliphatic carbocycles. The van der Waals surface area contributed by atoms with Crippen molar-refractivity contribution >= 4 is 11.7 Å². The van der Waals surface area contributed by atoms with Crippen LogP contribution in [-0.2, 0) is 0 Å². The molecule has 2 rings (SSSR count). The SMILES string of the molecule is CC(C)Oc1ncccc1C(=O)Nc1ccc(F)cn1. The highest BCUT2D eigenvalue weighted by atomic mass is 19.1. The van der Waals surface area contributed by atoms with E-state index in [1.165, 1.54) is 12.1 Å². The van der Waals surface area contributed by atoms with Crippen molar-refractivity contribution in [2.24, 2.45) is 0 Å². The third-order valence-electron chi connectivity index (χ3n) is 2.33. The van der Waals surface area contributed by atoms with E-state index in [0.717, 1.165) is 6.20 Å². The standard InChI is InChI=1S/C14H14FN3O2/c1-9(2)20-14-11(4-3-7-16-14)13(19)18-12-6-5-10(15)8-17-12/h3-9H,1-2H3,(H,17,18,19).